The molecule has 0 aliphatic carbocycles. The predicted octanol–water partition coefficient (Wildman–Crippen LogP) is -0.0902. The number of hydrogen-bond donors (Lipinski definition) is 1. The molecule has 1 fully saturated rings. The molecule has 2 unspecified atom stereocenters. The van der Waals surface area contributed by atoms with Gasteiger partial charge in [-0.3, -0.25) is 10.1 Å². The third kappa shape index (κ3) is 1.42. The summed E-state index contributed by atoms with van der Waals surface area (Å²) in [6, 6.07) is 0.300. The van der Waals surface area contributed by atoms with Crippen molar-refractivity contribution in [2.45, 2.75) is 25.9 Å². The molecule has 9 heavy (non-hydrogen) atoms. The molecule has 0 bridgehead atoms. The lowest BCUT2D eigenvalue weighted by molar-refractivity contribution is -0.142. The minimum Gasteiger partial charge on any atom is -0.465 e. The molecule has 0 aromatic rings. The van der Waals surface area contributed by atoms with E-state index >= 15 is 0 Å². The highest BCUT2D eigenvalue weighted by Gasteiger charge is 2.39. The molecule has 1 heterocycles. The zero-order valence-electron chi connectivity index (χ0n) is 5.68. The molecular weight excluding hydrogens is 118 g/mol. The van der Waals surface area contributed by atoms with E-state index in [9.17, 15) is 4.79 Å². The molecule has 0 saturated carbocycles. The Kier molecular flexibility index (Phi) is 1.71. The fourth-order valence-corrected chi connectivity index (χ4v) is 0.732. The first kappa shape index (κ1) is 6.55. The van der Waals surface area contributed by atoms with Crippen LogP contribution >= 0.6 is 0 Å². The van der Waals surface area contributed by atoms with Crippen LogP contribution < -0.4 is 5.32 Å². The van der Waals surface area contributed by atoms with E-state index in [2.05, 4.69) is 5.32 Å². The van der Waals surface area contributed by atoms with Crippen molar-refractivity contribution in [2.75, 3.05) is 6.61 Å². The van der Waals surface area contributed by atoms with Crippen molar-refractivity contribution in [3.05, 3.63) is 0 Å². The normalized spacial score (nSPS) is 31.8. The second kappa shape index (κ2) is 2.35. The predicted molar refractivity (Wildman–Crippen MR) is 33.0 cm³/mol. The lowest BCUT2D eigenvalue weighted by Crippen LogP contribution is -2.14. The molecule has 0 spiro atoms. The summed E-state index contributed by atoms with van der Waals surface area (Å²) in [4.78, 5) is 10.7. The Morgan fingerprint density at radius 3 is 2.67 bits per heavy atom. The zero-order chi connectivity index (χ0) is 6.85. The van der Waals surface area contributed by atoms with Gasteiger partial charge in [0.2, 0.25) is 0 Å². The van der Waals surface area contributed by atoms with Crippen molar-refractivity contribution in [3.63, 3.8) is 0 Å². The van der Waals surface area contributed by atoms with Gasteiger partial charge in [0.05, 0.1) is 6.61 Å². The van der Waals surface area contributed by atoms with E-state index in [0.717, 1.165) is 0 Å². The van der Waals surface area contributed by atoms with Crippen LogP contribution in [-0.4, -0.2) is 24.7 Å². The molecule has 1 N–H and O–H groups in total. The van der Waals surface area contributed by atoms with Crippen molar-refractivity contribution in [3.8, 4) is 0 Å². The van der Waals surface area contributed by atoms with Gasteiger partial charge < -0.3 is 4.74 Å². The second-order valence-electron chi connectivity index (χ2n) is 2.19. The van der Waals surface area contributed by atoms with Gasteiger partial charge in [0.25, 0.3) is 0 Å². The Balaban J connectivity index is 2.20. The SMILES string of the molecule is CCOC(=O)C1NC1C. The molecular formula is C6H11NO2. The molecule has 52 valence electrons. The molecule has 0 radical (unpaired) electrons. The Bertz CT molecular complexity index is 124. The molecule has 0 aromatic heterocycles. The van der Waals surface area contributed by atoms with Crippen LogP contribution in [0.4, 0.5) is 0 Å². The molecule has 3 nitrogen and oxygen atoms in total. The summed E-state index contributed by atoms with van der Waals surface area (Å²) in [5.74, 6) is -0.120. The summed E-state index contributed by atoms with van der Waals surface area (Å²) in [6.07, 6.45) is 0. The zero-order valence-corrected chi connectivity index (χ0v) is 5.68. The van der Waals surface area contributed by atoms with Crippen LogP contribution in [0, 0.1) is 0 Å². The number of nitrogens with one attached hydrogen (secondary N) is 1. The van der Waals surface area contributed by atoms with E-state index in [-0.39, 0.29) is 12.0 Å². The highest BCUT2D eigenvalue weighted by atomic mass is 16.5. The van der Waals surface area contributed by atoms with Gasteiger partial charge in [-0.2, -0.15) is 0 Å². The van der Waals surface area contributed by atoms with E-state index in [1.165, 1.54) is 0 Å². The first-order chi connectivity index (χ1) is 4.25. The molecule has 1 aliphatic heterocycles. The number of carbonyl (C=O) groups excluding carboxylic acids is 1. The van der Waals surface area contributed by atoms with Crippen molar-refractivity contribution in [1.82, 2.24) is 5.32 Å². The molecule has 0 amide bonds. The van der Waals surface area contributed by atoms with Gasteiger partial charge in [0, 0.05) is 6.04 Å². The summed E-state index contributed by atoms with van der Waals surface area (Å²) >= 11 is 0. The van der Waals surface area contributed by atoms with Gasteiger partial charge in [0.15, 0.2) is 0 Å². The Morgan fingerprint density at radius 2 is 2.33 bits per heavy atom. The van der Waals surface area contributed by atoms with Crippen LogP contribution in [0.3, 0.4) is 0 Å². The van der Waals surface area contributed by atoms with Gasteiger partial charge in [-0.15, -0.1) is 0 Å². The fourth-order valence-electron chi connectivity index (χ4n) is 0.732. The van der Waals surface area contributed by atoms with Gasteiger partial charge in [-0.25, -0.2) is 0 Å². The maximum absolute atomic E-state index is 10.7. The largest absolute Gasteiger partial charge is 0.465 e. The van der Waals surface area contributed by atoms with Crippen LogP contribution in [0.5, 0.6) is 0 Å². The Hall–Kier alpha value is -0.570. The van der Waals surface area contributed by atoms with Crippen LogP contribution in [0.2, 0.25) is 0 Å². The van der Waals surface area contributed by atoms with Crippen LogP contribution in [0.15, 0.2) is 0 Å². The van der Waals surface area contributed by atoms with E-state index in [1.807, 2.05) is 13.8 Å². The lowest BCUT2D eigenvalue weighted by atomic mass is 10.3. The van der Waals surface area contributed by atoms with Crippen molar-refractivity contribution in [2.24, 2.45) is 0 Å². The minimum atomic E-state index is -0.120. The molecule has 1 rings (SSSR count). The summed E-state index contributed by atoms with van der Waals surface area (Å²) in [6.45, 7) is 4.25. The van der Waals surface area contributed by atoms with Crippen LogP contribution in [-0.2, 0) is 9.53 Å². The van der Waals surface area contributed by atoms with Crippen LogP contribution in [0.1, 0.15) is 13.8 Å². The second-order valence-corrected chi connectivity index (χ2v) is 2.19. The molecule has 0 aromatic carbocycles. The smallest absolute Gasteiger partial charge is 0.324 e. The third-order valence-corrected chi connectivity index (χ3v) is 1.37. The minimum absolute atomic E-state index is 0.0232. The highest BCUT2D eigenvalue weighted by Crippen LogP contribution is 2.10. The molecule has 1 aliphatic rings. The van der Waals surface area contributed by atoms with E-state index in [1.54, 1.807) is 0 Å². The number of ether oxygens (including phenoxy) is 1. The average molecular weight is 129 g/mol. The van der Waals surface area contributed by atoms with Crippen molar-refractivity contribution < 1.29 is 9.53 Å². The fraction of sp³-hybridized carbons (Fsp3) is 0.833. The number of carbonyl (C=O) groups is 1. The number of rotatable bonds is 2. The van der Waals surface area contributed by atoms with E-state index in [0.29, 0.717) is 12.6 Å². The third-order valence-electron chi connectivity index (χ3n) is 1.37. The number of hydrogen-bond acceptors (Lipinski definition) is 3. The van der Waals surface area contributed by atoms with Gasteiger partial charge in [0.1, 0.15) is 6.04 Å². The van der Waals surface area contributed by atoms with E-state index in [4.69, 9.17) is 4.74 Å². The quantitative estimate of drug-likeness (QED) is 0.418. The summed E-state index contributed by atoms with van der Waals surface area (Å²) < 4.78 is 4.73. The topological polar surface area (TPSA) is 48.2 Å². The monoisotopic (exact) mass is 129 g/mol. The summed E-state index contributed by atoms with van der Waals surface area (Å²) in [5.41, 5.74) is 0. The van der Waals surface area contributed by atoms with Crippen molar-refractivity contribution >= 4 is 5.97 Å². The van der Waals surface area contributed by atoms with Gasteiger partial charge in [-0.1, -0.05) is 0 Å². The maximum atomic E-state index is 10.7. The van der Waals surface area contributed by atoms with Gasteiger partial charge in [-0.05, 0) is 13.8 Å². The lowest BCUT2D eigenvalue weighted by Gasteiger charge is -1.95. The molecule has 1 saturated heterocycles. The molecule has 3 heteroatoms. The number of esters is 1. The van der Waals surface area contributed by atoms with Crippen molar-refractivity contribution in [1.29, 1.82) is 0 Å². The average Bonchev–Trinajstić information content (AvgIpc) is 2.47. The summed E-state index contributed by atoms with van der Waals surface area (Å²) in [5, 5.41) is 2.94. The highest BCUT2D eigenvalue weighted by molar-refractivity contribution is 5.79. The first-order valence-electron chi connectivity index (χ1n) is 3.18. The maximum Gasteiger partial charge on any atom is 0.324 e. The molecule has 2 atom stereocenters. The van der Waals surface area contributed by atoms with Gasteiger partial charge >= 0.3 is 5.97 Å². The first-order valence-corrected chi connectivity index (χ1v) is 3.18. The Labute approximate surface area is 54.4 Å². The standard InChI is InChI=1S/C6H11NO2/c1-3-9-6(8)5-4(2)7-5/h4-5,7H,3H2,1-2H3. The summed E-state index contributed by atoms with van der Waals surface area (Å²) in [7, 11) is 0. The van der Waals surface area contributed by atoms with Crippen LogP contribution in [0.25, 0.3) is 0 Å². The van der Waals surface area contributed by atoms with E-state index < -0.39 is 0 Å². The Morgan fingerprint density at radius 1 is 1.78 bits per heavy atom.